The largest absolute Gasteiger partial charge is 2.00 e. The third kappa shape index (κ3) is 1.62. The summed E-state index contributed by atoms with van der Waals surface area (Å²) in [7, 11) is 0. The SMILES string of the molecule is C1=NCCN1.[H-].[H-].[Mg+2]. The van der Waals surface area contributed by atoms with Crippen molar-refractivity contribution in [3.05, 3.63) is 0 Å². The Balaban J connectivity index is -0.0000000833. The van der Waals surface area contributed by atoms with E-state index in [-0.39, 0.29) is 25.9 Å². The van der Waals surface area contributed by atoms with Crippen molar-refractivity contribution >= 4 is 29.4 Å². The molecule has 0 aromatic rings. The Morgan fingerprint density at radius 1 is 1.83 bits per heavy atom. The molecular formula is C3H8MgN2. The van der Waals surface area contributed by atoms with Gasteiger partial charge in [0.05, 0.1) is 12.9 Å². The first kappa shape index (κ1) is 6.24. The fourth-order valence-corrected chi connectivity index (χ4v) is 0.323. The summed E-state index contributed by atoms with van der Waals surface area (Å²) in [5.74, 6) is 0. The predicted molar refractivity (Wildman–Crippen MR) is 29.3 cm³/mol. The third-order valence-electron chi connectivity index (χ3n) is 0.568. The molecule has 0 spiro atoms. The van der Waals surface area contributed by atoms with Gasteiger partial charge in [-0.2, -0.15) is 0 Å². The third-order valence-corrected chi connectivity index (χ3v) is 0.568. The summed E-state index contributed by atoms with van der Waals surface area (Å²) in [6.07, 6.45) is 1.74. The molecule has 0 aromatic heterocycles. The Morgan fingerprint density at radius 3 is 2.83 bits per heavy atom. The van der Waals surface area contributed by atoms with Crippen LogP contribution in [0.25, 0.3) is 0 Å². The topological polar surface area (TPSA) is 24.4 Å². The first-order chi connectivity index (χ1) is 2.50. The van der Waals surface area contributed by atoms with Crippen LogP contribution < -0.4 is 5.32 Å². The second kappa shape index (κ2) is 3.43. The molecule has 0 saturated carbocycles. The molecular weight excluding hydrogens is 88.4 g/mol. The van der Waals surface area contributed by atoms with E-state index in [1.54, 1.807) is 6.34 Å². The first-order valence-corrected chi connectivity index (χ1v) is 1.72. The van der Waals surface area contributed by atoms with Crippen LogP contribution in [0.4, 0.5) is 0 Å². The maximum Gasteiger partial charge on any atom is 2.00 e. The monoisotopic (exact) mass is 96.1 g/mol. The van der Waals surface area contributed by atoms with E-state index < -0.39 is 0 Å². The van der Waals surface area contributed by atoms with E-state index in [4.69, 9.17) is 0 Å². The molecule has 0 atom stereocenters. The summed E-state index contributed by atoms with van der Waals surface area (Å²) in [6, 6.07) is 0. The fourth-order valence-electron chi connectivity index (χ4n) is 0.323. The van der Waals surface area contributed by atoms with Gasteiger partial charge in [-0.3, -0.25) is 4.99 Å². The van der Waals surface area contributed by atoms with Crippen LogP contribution in [0.2, 0.25) is 0 Å². The van der Waals surface area contributed by atoms with Crippen molar-refractivity contribution in [3.63, 3.8) is 0 Å². The van der Waals surface area contributed by atoms with E-state index in [9.17, 15) is 0 Å². The Hall–Kier alpha value is 0.236. The Kier molecular flexibility index (Phi) is 3.56. The van der Waals surface area contributed by atoms with Crippen molar-refractivity contribution in [2.45, 2.75) is 0 Å². The van der Waals surface area contributed by atoms with Crippen molar-refractivity contribution in [2.75, 3.05) is 13.1 Å². The molecule has 3 heteroatoms. The molecule has 32 valence electrons. The summed E-state index contributed by atoms with van der Waals surface area (Å²) in [5.41, 5.74) is 0. The maximum atomic E-state index is 3.85. The standard InChI is InChI=1S/C3H6N2.Mg.2H/c1-2-5-3-4-1;;;/h3H,1-2H2,(H,4,5);;;/q;+2;2*-1. The number of hydrogen-bond donors (Lipinski definition) is 1. The molecule has 6 heavy (non-hydrogen) atoms. The second-order valence-corrected chi connectivity index (χ2v) is 0.989. The number of rotatable bonds is 0. The molecule has 1 aliphatic rings. The van der Waals surface area contributed by atoms with Gasteiger partial charge in [-0.05, 0) is 0 Å². The maximum absolute atomic E-state index is 3.85. The predicted octanol–water partition coefficient (Wildman–Crippen LogP) is -0.538. The molecule has 0 radical (unpaired) electrons. The molecule has 0 aromatic carbocycles. The van der Waals surface area contributed by atoms with Crippen molar-refractivity contribution in [1.29, 1.82) is 0 Å². The zero-order valence-electron chi connectivity index (χ0n) is 5.65. The minimum atomic E-state index is 0. The summed E-state index contributed by atoms with van der Waals surface area (Å²) in [5, 5.41) is 2.93. The zero-order valence-corrected chi connectivity index (χ0v) is 5.06. The Morgan fingerprint density at radius 2 is 2.67 bits per heavy atom. The van der Waals surface area contributed by atoms with Crippen LogP contribution in [0, 0.1) is 0 Å². The summed E-state index contributed by atoms with van der Waals surface area (Å²) >= 11 is 0. The molecule has 0 amide bonds. The van der Waals surface area contributed by atoms with E-state index in [0.717, 1.165) is 13.1 Å². The molecule has 1 rings (SSSR count). The van der Waals surface area contributed by atoms with Crippen LogP contribution in [0.3, 0.4) is 0 Å². The van der Waals surface area contributed by atoms with Crippen LogP contribution in [0.15, 0.2) is 4.99 Å². The summed E-state index contributed by atoms with van der Waals surface area (Å²) in [4.78, 5) is 3.85. The molecule has 0 bridgehead atoms. The van der Waals surface area contributed by atoms with Crippen molar-refractivity contribution < 1.29 is 2.85 Å². The fraction of sp³-hybridized carbons (Fsp3) is 0.667. The normalized spacial score (nSPS) is 16.0. The zero-order chi connectivity index (χ0) is 3.54. The van der Waals surface area contributed by atoms with Crippen LogP contribution in [0.1, 0.15) is 2.85 Å². The molecule has 1 heterocycles. The Bertz CT molecular complexity index is 53.2. The van der Waals surface area contributed by atoms with Gasteiger partial charge in [0, 0.05) is 6.54 Å². The van der Waals surface area contributed by atoms with E-state index in [2.05, 4.69) is 10.3 Å². The van der Waals surface area contributed by atoms with Crippen molar-refractivity contribution in [3.8, 4) is 0 Å². The molecule has 0 unspecified atom stereocenters. The molecule has 2 nitrogen and oxygen atoms in total. The van der Waals surface area contributed by atoms with E-state index in [0.29, 0.717) is 0 Å². The number of nitrogens with one attached hydrogen (secondary N) is 1. The minimum Gasteiger partial charge on any atom is -1.00 e. The molecule has 0 saturated heterocycles. The number of aliphatic imine (C=N–C) groups is 1. The van der Waals surface area contributed by atoms with Gasteiger partial charge in [-0.15, -0.1) is 0 Å². The molecule has 1 aliphatic heterocycles. The minimum absolute atomic E-state index is 0. The van der Waals surface area contributed by atoms with Gasteiger partial charge in [-0.25, -0.2) is 0 Å². The first-order valence-electron chi connectivity index (χ1n) is 1.72. The number of nitrogens with zero attached hydrogens (tertiary/aromatic N) is 1. The smallest absolute Gasteiger partial charge is 1.00 e. The van der Waals surface area contributed by atoms with Crippen LogP contribution in [-0.4, -0.2) is 42.5 Å². The summed E-state index contributed by atoms with van der Waals surface area (Å²) < 4.78 is 0. The van der Waals surface area contributed by atoms with Crippen molar-refractivity contribution in [2.24, 2.45) is 4.99 Å². The second-order valence-electron chi connectivity index (χ2n) is 0.989. The average molecular weight is 96.4 g/mol. The van der Waals surface area contributed by atoms with Gasteiger partial charge in [-0.1, -0.05) is 0 Å². The van der Waals surface area contributed by atoms with Gasteiger partial charge in [0.25, 0.3) is 0 Å². The van der Waals surface area contributed by atoms with E-state index >= 15 is 0 Å². The van der Waals surface area contributed by atoms with E-state index in [1.165, 1.54) is 0 Å². The van der Waals surface area contributed by atoms with Gasteiger partial charge < -0.3 is 8.17 Å². The van der Waals surface area contributed by atoms with Crippen molar-refractivity contribution in [1.82, 2.24) is 5.32 Å². The van der Waals surface area contributed by atoms with Crippen LogP contribution >= 0.6 is 0 Å². The van der Waals surface area contributed by atoms with E-state index in [1.807, 2.05) is 0 Å². The number of hydrogen-bond acceptors (Lipinski definition) is 2. The molecule has 1 N–H and O–H groups in total. The Labute approximate surface area is 56.1 Å². The van der Waals surface area contributed by atoms with Gasteiger partial charge >= 0.3 is 23.1 Å². The molecule has 0 aliphatic carbocycles. The van der Waals surface area contributed by atoms with Gasteiger partial charge in [0.1, 0.15) is 0 Å². The molecule has 0 fully saturated rings. The average Bonchev–Trinajstić information content (AvgIpc) is 1.76. The van der Waals surface area contributed by atoms with Crippen LogP contribution in [-0.2, 0) is 0 Å². The summed E-state index contributed by atoms with van der Waals surface area (Å²) in [6.45, 7) is 1.99. The van der Waals surface area contributed by atoms with Gasteiger partial charge in [0.15, 0.2) is 0 Å². The quantitative estimate of drug-likeness (QED) is 0.403. The van der Waals surface area contributed by atoms with Gasteiger partial charge in [0.2, 0.25) is 0 Å². The van der Waals surface area contributed by atoms with Crippen LogP contribution in [0.5, 0.6) is 0 Å².